The first-order valence-electron chi connectivity index (χ1n) is 13.8. The lowest BCUT2D eigenvalue weighted by Gasteiger charge is -2.18. The molecule has 0 N–H and O–H groups in total. The summed E-state index contributed by atoms with van der Waals surface area (Å²) in [5.41, 5.74) is 6.76. The van der Waals surface area contributed by atoms with Crippen LogP contribution in [0, 0.1) is 0 Å². The number of halogens is 2. The van der Waals surface area contributed by atoms with Crippen molar-refractivity contribution >= 4 is 42.8 Å². The highest BCUT2D eigenvalue weighted by molar-refractivity contribution is 9.11. The van der Waals surface area contributed by atoms with Gasteiger partial charge in [-0.3, -0.25) is 0 Å². The van der Waals surface area contributed by atoms with Crippen LogP contribution in [0.2, 0.25) is 0 Å². The summed E-state index contributed by atoms with van der Waals surface area (Å²) in [5.74, 6) is 1.86. The van der Waals surface area contributed by atoms with Crippen molar-refractivity contribution in [3.05, 3.63) is 111 Å². The Morgan fingerprint density at radius 2 is 1.41 bits per heavy atom. The molecule has 0 bridgehead atoms. The van der Waals surface area contributed by atoms with E-state index < -0.39 is 0 Å². The number of hydrogen-bond acceptors (Lipinski definition) is 2. The van der Waals surface area contributed by atoms with E-state index in [4.69, 9.17) is 9.15 Å². The predicted octanol–water partition coefficient (Wildman–Crippen LogP) is 11.6. The van der Waals surface area contributed by atoms with E-state index in [0.717, 1.165) is 61.0 Å². The number of para-hydroxylation sites is 1. The minimum absolute atomic E-state index is 0.175. The lowest BCUT2D eigenvalue weighted by atomic mass is 9.96. The molecule has 4 aromatic carbocycles. The Bertz CT molecular complexity index is 1500. The van der Waals surface area contributed by atoms with Crippen molar-refractivity contribution in [3.63, 3.8) is 0 Å². The molecular weight excluding hydrogens is 612 g/mol. The largest absolute Gasteiger partial charge is 0.488 e. The zero-order chi connectivity index (χ0) is 27.2. The molecule has 0 aliphatic rings. The van der Waals surface area contributed by atoms with Crippen LogP contribution < -0.4 is 4.74 Å². The van der Waals surface area contributed by atoms with E-state index >= 15 is 0 Å². The topological polar surface area (TPSA) is 22.4 Å². The molecule has 0 spiro atoms. The molecule has 5 aromatic rings. The fourth-order valence-corrected chi connectivity index (χ4v) is 6.48. The third-order valence-electron chi connectivity index (χ3n) is 7.16. The molecule has 0 saturated carbocycles. The van der Waals surface area contributed by atoms with Crippen LogP contribution in [0.4, 0.5) is 0 Å². The van der Waals surface area contributed by atoms with Crippen molar-refractivity contribution in [2.45, 2.75) is 58.5 Å². The zero-order valence-corrected chi connectivity index (χ0v) is 25.7. The second-order valence-corrected chi connectivity index (χ2v) is 11.9. The summed E-state index contributed by atoms with van der Waals surface area (Å²) in [4.78, 5) is 0. The number of fused-ring (bicyclic) bond motifs is 1. The summed E-state index contributed by atoms with van der Waals surface area (Å²) < 4.78 is 14.6. The van der Waals surface area contributed by atoms with E-state index in [1.165, 1.54) is 36.8 Å². The monoisotopic (exact) mass is 644 g/mol. The van der Waals surface area contributed by atoms with Crippen LogP contribution in [0.25, 0.3) is 33.2 Å². The maximum absolute atomic E-state index is 6.36. The average Bonchev–Trinajstić information content (AvgIpc) is 3.31. The molecule has 0 saturated heterocycles. The first-order valence-corrected chi connectivity index (χ1v) is 15.4. The highest BCUT2D eigenvalue weighted by Gasteiger charge is 2.17. The van der Waals surface area contributed by atoms with Gasteiger partial charge in [0.1, 0.15) is 17.1 Å². The minimum Gasteiger partial charge on any atom is -0.488 e. The van der Waals surface area contributed by atoms with Gasteiger partial charge in [0, 0.05) is 17.4 Å². The van der Waals surface area contributed by atoms with Crippen molar-refractivity contribution in [1.82, 2.24) is 0 Å². The lowest BCUT2D eigenvalue weighted by molar-refractivity contribution is 0.204. The molecule has 1 heterocycles. The first-order chi connectivity index (χ1) is 19.0. The summed E-state index contributed by atoms with van der Waals surface area (Å²) in [6.07, 6.45) is 7.01. The molecule has 0 aliphatic carbocycles. The smallest absolute Gasteiger partial charge is 0.148 e. The van der Waals surface area contributed by atoms with Crippen LogP contribution in [-0.4, -0.2) is 6.10 Å². The Morgan fingerprint density at radius 1 is 0.744 bits per heavy atom. The van der Waals surface area contributed by atoms with Gasteiger partial charge in [-0.05, 0) is 92.1 Å². The summed E-state index contributed by atoms with van der Waals surface area (Å²) in [6, 6.07) is 31.9. The molecule has 0 radical (unpaired) electrons. The Kier molecular flexibility index (Phi) is 9.26. The van der Waals surface area contributed by atoms with Crippen LogP contribution in [-0.2, 0) is 6.42 Å². The third kappa shape index (κ3) is 6.67. The van der Waals surface area contributed by atoms with Gasteiger partial charge >= 0.3 is 0 Å². The number of ether oxygens (including phenoxy) is 1. The number of rotatable bonds is 11. The van der Waals surface area contributed by atoms with Crippen LogP contribution >= 0.6 is 31.9 Å². The lowest BCUT2D eigenvalue weighted by Crippen LogP contribution is -2.12. The molecular formula is C35H34Br2O2. The van der Waals surface area contributed by atoms with Crippen LogP contribution in [0.3, 0.4) is 0 Å². The van der Waals surface area contributed by atoms with Gasteiger partial charge in [-0.2, -0.15) is 0 Å². The average molecular weight is 646 g/mol. The maximum Gasteiger partial charge on any atom is 0.148 e. The van der Waals surface area contributed by atoms with Gasteiger partial charge in [0.15, 0.2) is 0 Å². The molecule has 39 heavy (non-hydrogen) atoms. The molecule has 0 amide bonds. The van der Waals surface area contributed by atoms with Crippen LogP contribution in [0.15, 0.2) is 104 Å². The third-order valence-corrected chi connectivity index (χ3v) is 8.34. The first kappa shape index (κ1) is 27.7. The summed E-state index contributed by atoms with van der Waals surface area (Å²) in [5, 5.41) is 1.15. The van der Waals surface area contributed by atoms with Crippen LogP contribution in [0.1, 0.15) is 57.3 Å². The number of unbranched alkanes of at least 4 members (excludes halogenated alkanes) is 3. The molecule has 5 rings (SSSR count). The highest BCUT2D eigenvalue weighted by Crippen LogP contribution is 2.40. The second kappa shape index (κ2) is 13.0. The van der Waals surface area contributed by atoms with Crippen molar-refractivity contribution in [2.24, 2.45) is 0 Å². The van der Waals surface area contributed by atoms with E-state index in [9.17, 15) is 0 Å². The number of benzene rings is 4. The SMILES string of the molecule is CCCCCC[C@H](C)Oc1c(Br)cc(-c2ccc(-c3c(Cc4ccccc4)oc4ccccc34)cc2)cc1Br. The van der Waals surface area contributed by atoms with Crippen molar-refractivity contribution in [1.29, 1.82) is 0 Å². The fourth-order valence-electron chi connectivity index (χ4n) is 5.11. The van der Waals surface area contributed by atoms with Crippen molar-refractivity contribution in [3.8, 4) is 28.0 Å². The normalized spacial score (nSPS) is 12.1. The Morgan fingerprint density at radius 3 is 2.13 bits per heavy atom. The van der Waals surface area contributed by atoms with E-state index in [-0.39, 0.29) is 6.10 Å². The van der Waals surface area contributed by atoms with Gasteiger partial charge in [-0.1, -0.05) is 99.0 Å². The highest BCUT2D eigenvalue weighted by atomic mass is 79.9. The van der Waals surface area contributed by atoms with Gasteiger partial charge < -0.3 is 9.15 Å². The molecule has 0 unspecified atom stereocenters. The Labute approximate surface area is 248 Å². The zero-order valence-electron chi connectivity index (χ0n) is 22.6. The number of furan rings is 1. The maximum atomic E-state index is 6.36. The van der Waals surface area contributed by atoms with Gasteiger partial charge in [0.2, 0.25) is 0 Å². The molecule has 0 aliphatic heterocycles. The standard InChI is InChI=1S/C35H34Br2O2/c1-3-4-5-7-12-24(2)38-35-30(36)22-28(23-31(35)37)26-17-19-27(20-18-26)34-29-15-10-11-16-32(29)39-33(34)21-25-13-8-6-9-14-25/h6,8-11,13-20,22-24H,3-5,7,12,21H2,1-2H3/t24-/m0/s1. The second-order valence-electron chi connectivity index (χ2n) is 10.2. The van der Waals surface area contributed by atoms with E-state index in [1.807, 2.05) is 18.2 Å². The fraction of sp³-hybridized carbons (Fsp3) is 0.257. The quantitative estimate of drug-likeness (QED) is 0.133. The number of hydrogen-bond donors (Lipinski definition) is 0. The van der Waals surface area contributed by atoms with Gasteiger partial charge in [0.25, 0.3) is 0 Å². The summed E-state index contributed by atoms with van der Waals surface area (Å²) in [7, 11) is 0. The summed E-state index contributed by atoms with van der Waals surface area (Å²) in [6.45, 7) is 4.40. The molecule has 0 fully saturated rings. The van der Waals surface area contributed by atoms with Gasteiger partial charge in [-0.25, -0.2) is 0 Å². The summed E-state index contributed by atoms with van der Waals surface area (Å²) >= 11 is 7.53. The molecule has 1 aromatic heterocycles. The predicted molar refractivity (Wildman–Crippen MR) is 171 cm³/mol. The van der Waals surface area contributed by atoms with Crippen LogP contribution in [0.5, 0.6) is 5.75 Å². The van der Waals surface area contributed by atoms with Crippen molar-refractivity contribution in [2.75, 3.05) is 0 Å². The van der Waals surface area contributed by atoms with Gasteiger partial charge in [0.05, 0.1) is 15.0 Å². The molecule has 2 nitrogen and oxygen atoms in total. The van der Waals surface area contributed by atoms with Crippen molar-refractivity contribution < 1.29 is 9.15 Å². The molecule has 4 heteroatoms. The Balaban J connectivity index is 1.39. The molecule has 200 valence electrons. The van der Waals surface area contributed by atoms with E-state index in [1.54, 1.807) is 0 Å². The molecule has 1 atom stereocenters. The van der Waals surface area contributed by atoms with E-state index in [0.29, 0.717) is 0 Å². The minimum atomic E-state index is 0.175. The Hall–Kier alpha value is -2.82. The van der Waals surface area contributed by atoms with E-state index in [2.05, 4.69) is 119 Å². The van der Waals surface area contributed by atoms with Gasteiger partial charge in [-0.15, -0.1) is 0 Å².